The van der Waals surface area contributed by atoms with Gasteiger partial charge in [0.1, 0.15) is 0 Å². The lowest BCUT2D eigenvalue weighted by Gasteiger charge is -2.10. The third-order valence-electron chi connectivity index (χ3n) is 4.60. The summed E-state index contributed by atoms with van der Waals surface area (Å²) in [7, 11) is 0. The second kappa shape index (κ2) is 10.1. The van der Waals surface area contributed by atoms with Crippen molar-refractivity contribution in [2.75, 3.05) is 5.32 Å². The van der Waals surface area contributed by atoms with Gasteiger partial charge in [0.2, 0.25) is 11.8 Å². The van der Waals surface area contributed by atoms with E-state index in [2.05, 4.69) is 42.2 Å². The molecule has 3 aromatic carbocycles. The minimum Gasteiger partial charge on any atom is -0.421 e. The van der Waals surface area contributed by atoms with E-state index in [0.29, 0.717) is 37.1 Å². The van der Waals surface area contributed by atoms with Gasteiger partial charge in [-0.2, -0.15) is 0 Å². The summed E-state index contributed by atoms with van der Waals surface area (Å²) in [4.78, 5) is 40.2. The van der Waals surface area contributed by atoms with Crippen LogP contribution in [0.1, 0.15) is 28.4 Å². The summed E-state index contributed by atoms with van der Waals surface area (Å²) in [6, 6.07) is 18.8. The molecule has 1 N–H and O–H groups in total. The molecule has 0 saturated heterocycles. The normalized spacial score (nSPS) is 13.9. The largest absolute Gasteiger partial charge is 0.421 e. The maximum absolute atomic E-state index is 12.4. The zero-order valence-corrected chi connectivity index (χ0v) is 20.8. The van der Waals surface area contributed by atoms with Crippen LogP contribution in [-0.4, -0.2) is 23.7 Å². The van der Waals surface area contributed by atoms with Gasteiger partial charge in [-0.25, -0.2) is 14.6 Å². The number of carbonyl (C=O) groups is 3. The van der Waals surface area contributed by atoms with E-state index in [4.69, 9.17) is 9.47 Å². The predicted octanol–water partition coefficient (Wildman–Crippen LogP) is 5.73. The number of esters is 2. The Labute approximate surface area is 211 Å². The molecule has 34 heavy (non-hydrogen) atoms. The highest BCUT2D eigenvalue weighted by Crippen LogP contribution is 2.36. The van der Waals surface area contributed by atoms with Crippen LogP contribution in [0.3, 0.4) is 0 Å². The molecule has 0 saturated carbocycles. The van der Waals surface area contributed by atoms with Gasteiger partial charge in [-0.15, -0.1) is 0 Å². The van der Waals surface area contributed by atoms with Crippen molar-refractivity contribution in [1.82, 2.24) is 0 Å². The fourth-order valence-corrected chi connectivity index (χ4v) is 4.46. The highest BCUT2D eigenvalue weighted by atomic mass is 79.9. The molecule has 1 aliphatic rings. The lowest BCUT2D eigenvalue weighted by molar-refractivity contribution is -0.129. The fraction of sp³-hybridized carbons (Fsp3) is 0.0400. The number of aliphatic imine (C=N–C) groups is 1. The van der Waals surface area contributed by atoms with Gasteiger partial charge in [-0.3, -0.25) is 4.79 Å². The summed E-state index contributed by atoms with van der Waals surface area (Å²) in [5, 5.41) is 2.67. The molecule has 0 aliphatic carbocycles. The van der Waals surface area contributed by atoms with E-state index in [9.17, 15) is 14.4 Å². The zero-order chi connectivity index (χ0) is 24.2. The van der Waals surface area contributed by atoms with E-state index >= 15 is 0 Å². The van der Waals surface area contributed by atoms with Crippen LogP contribution < -0.4 is 10.1 Å². The van der Waals surface area contributed by atoms with Gasteiger partial charge >= 0.3 is 11.9 Å². The SMILES string of the molecule is CC(=O)Nc1ccc(C2=N/C(=C\c3cc(Br)c(OC(=O)c4ccccc4)c(Br)c3)C(=O)O2)cc1. The number of ether oxygens (including phenoxy) is 2. The predicted molar refractivity (Wildman–Crippen MR) is 135 cm³/mol. The minimum absolute atomic E-state index is 0.119. The average molecular weight is 584 g/mol. The van der Waals surface area contributed by atoms with E-state index in [1.54, 1.807) is 66.7 Å². The summed E-state index contributed by atoms with van der Waals surface area (Å²) >= 11 is 6.83. The highest BCUT2D eigenvalue weighted by molar-refractivity contribution is 9.11. The van der Waals surface area contributed by atoms with E-state index in [0.717, 1.165) is 0 Å². The van der Waals surface area contributed by atoms with Crippen LogP contribution in [0.4, 0.5) is 5.69 Å². The van der Waals surface area contributed by atoms with Gasteiger partial charge < -0.3 is 14.8 Å². The van der Waals surface area contributed by atoms with E-state index in [1.807, 2.05) is 6.07 Å². The van der Waals surface area contributed by atoms with Crippen molar-refractivity contribution in [1.29, 1.82) is 0 Å². The summed E-state index contributed by atoms with van der Waals surface area (Å²) in [6.07, 6.45) is 1.57. The Bertz CT molecular complexity index is 1330. The Morgan fingerprint density at radius 3 is 2.26 bits per heavy atom. The molecule has 1 heterocycles. The van der Waals surface area contributed by atoms with Crippen molar-refractivity contribution in [3.8, 4) is 5.75 Å². The lowest BCUT2D eigenvalue weighted by Crippen LogP contribution is -2.09. The molecule has 0 fully saturated rings. The fourth-order valence-electron chi connectivity index (χ4n) is 3.08. The summed E-state index contributed by atoms with van der Waals surface area (Å²) in [6.45, 7) is 1.42. The lowest BCUT2D eigenvalue weighted by atomic mass is 10.2. The van der Waals surface area contributed by atoms with Crippen molar-refractivity contribution in [3.63, 3.8) is 0 Å². The molecule has 170 valence electrons. The summed E-state index contributed by atoms with van der Waals surface area (Å²) in [5.41, 5.74) is 2.40. The Morgan fingerprint density at radius 1 is 1.00 bits per heavy atom. The number of benzene rings is 3. The number of anilines is 1. The van der Waals surface area contributed by atoms with Crippen molar-refractivity contribution < 1.29 is 23.9 Å². The molecular formula is C25H16Br2N2O5. The van der Waals surface area contributed by atoms with E-state index in [-0.39, 0.29) is 17.5 Å². The van der Waals surface area contributed by atoms with Crippen LogP contribution in [0.5, 0.6) is 5.75 Å². The van der Waals surface area contributed by atoms with Crippen molar-refractivity contribution in [3.05, 3.63) is 98.1 Å². The number of amides is 1. The third-order valence-corrected chi connectivity index (χ3v) is 5.78. The molecule has 9 heteroatoms. The second-order valence-corrected chi connectivity index (χ2v) is 8.87. The molecule has 7 nitrogen and oxygen atoms in total. The van der Waals surface area contributed by atoms with Crippen LogP contribution in [0.25, 0.3) is 6.08 Å². The average Bonchev–Trinajstić information content (AvgIpc) is 3.17. The topological polar surface area (TPSA) is 94.1 Å². The molecule has 0 aromatic heterocycles. The molecule has 4 rings (SSSR count). The standard InChI is InChI=1S/C25H16Br2N2O5/c1-14(30)28-18-9-7-16(8-10-18)23-29-21(25(32)34-23)13-15-11-19(26)22(20(27)12-15)33-24(31)17-5-3-2-4-6-17/h2-13H,1H3,(H,28,30)/b21-13-. The number of hydrogen-bond acceptors (Lipinski definition) is 6. The first kappa shape index (κ1) is 23.6. The number of halogens is 2. The van der Waals surface area contributed by atoms with Gasteiger partial charge in [0.15, 0.2) is 11.4 Å². The molecule has 0 atom stereocenters. The highest BCUT2D eigenvalue weighted by Gasteiger charge is 2.24. The molecule has 0 radical (unpaired) electrons. The van der Waals surface area contributed by atoms with Gasteiger partial charge in [-0.05, 0) is 92.0 Å². The van der Waals surface area contributed by atoms with Crippen LogP contribution in [-0.2, 0) is 14.3 Å². The van der Waals surface area contributed by atoms with Crippen molar-refractivity contribution in [2.24, 2.45) is 4.99 Å². The molecule has 0 unspecified atom stereocenters. The molecule has 0 bridgehead atoms. The number of rotatable bonds is 5. The van der Waals surface area contributed by atoms with Gasteiger partial charge in [0.05, 0.1) is 14.5 Å². The molecular weight excluding hydrogens is 568 g/mol. The number of nitrogens with zero attached hydrogens (tertiary/aromatic N) is 1. The van der Waals surface area contributed by atoms with E-state index < -0.39 is 11.9 Å². The van der Waals surface area contributed by atoms with Crippen LogP contribution in [0, 0.1) is 0 Å². The van der Waals surface area contributed by atoms with Gasteiger partial charge in [0, 0.05) is 18.2 Å². The number of carbonyl (C=O) groups excluding carboxylic acids is 3. The third kappa shape index (κ3) is 5.49. The Morgan fingerprint density at radius 2 is 1.65 bits per heavy atom. The van der Waals surface area contributed by atoms with Crippen LogP contribution in [0.15, 0.2) is 86.4 Å². The molecule has 1 aliphatic heterocycles. The van der Waals surface area contributed by atoms with Gasteiger partial charge in [0.25, 0.3) is 0 Å². The van der Waals surface area contributed by atoms with E-state index in [1.165, 1.54) is 6.92 Å². The zero-order valence-electron chi connectivity index (χ0n) is 17.7. The first-order valence-electron chi connectivity index (χ1n) is 9.97. The number of nitrogens with one attached hydrogen (secondary N) is 1. The molecule has 3 aromatic rings. The number of hydrogen-bond donors (Lipinski definition) is 1. The Hall–Kier alpha value is -3.56. The maximum atomic E-state index is 12.4. The van der Waals surface area contributed by atoms with Crippen LogP contribution in [0.2, 0.25) is 0 Å². The quantitative estimate of drug-likeness (QED) is 0.235. The molecule has 0 spiro atoms. The van der Waals surface area contributed by atoms with Crippen LogP contribution >= 0.6 is 31.9 Å². The van der Waals surface area contributed by atoms with Crippen molar-refractivity contribution >= 4 is 67.4 Å². The first-order chi connectivity index (χ1) is 16.3. The Balaban J connectivity index is 1.55. The first-order valence-corrected chi connectivity index (χ1v) is 11.6. The number of cyclic esters (lactones) is 1. The van der Waals surface area contributed by atoms with Crippen molar-refractivity contribution in [2.45, 2.75) is 6.92 Å². The Kier molecular flexibility index (Phi) is 7.04. The smallest absolute Gasteiger partial charge is 0.363 e. The monoisotopic (exact) mass is 582 g/mol. The minimum atomic E-state index is -0.590. The second-order valence-electron chi connectivity index (χ2n) is 7.16. The molecule has 1 amide bonds. The summed E-state index contributed by atoms with van der Waals surface area (Å²) in [5.74, 6) is -0.787. The summed E-state index contributed by atoms with van der Waals surface area (Å²) < 4.78 is 11.9. The van der Waals surface area contributed by atoms with Gasteiger partial charge in [-0.1, -0.05) is 18.2 Å². The maximum Gasteiger partial charge on any atom is 0.363 e.